The van der Waals surface area contributed by atoms with Gasteiger partial charge in [0.2, 0.25) is 0 Å². The number of nitriles is 1. The molecule has 5 heteroatoms. The van der Waals surface area contributed by atoms with Crippen molar-refractivity contribution in [2.24, 2.45) is 11.1 Å². The van der Waals surface area contributed by atoms with Crippen molar-refractivity contribution in [1.82, 2.24) is 9.55 Å². The normalized spacial score (nSPS) is 12.9. The molecule has 0 unspecified atom stereocenters. The van der Waals surface area contributed by atoms with Crippen LogP contribution in [-0.4, -0.2) is 15.3 Å². The molecule has 0 spiro atoms. The first-order chi connectivity index (χ1) is 17.3. The maximum Gasteiger partial charge on any atom is 0.142 e. The van der Waals surface area contributed by atoms with E-state index in [2.05, 4.69) is 28.0 Å². The largest absolute Gasteiger partial charge is 0.391 e. The second-order valence-electron chi connectivity index (χ2n) is 8.56. The highest BCUT2D eigenvalue weighted by Gasteiger charge is 2.17. The molecule has 1 fully saturated rings. The van der Waals surface area contributed by atoms with Crippen LogP contribution >= 0.6 is 0 Å². The first kappa shape index (κ1) is 22.2. The van der Waals surface area contributed by atoms with Crippen LogP contribution in [0.1, 0.15) is 35.1 Å². The number of rotatable bonds is 7. The number of aromatic nitrogens is 2. The van der Waals surface area contributed by atoms with Gasteiger partial charge in [0, 0.05) is 29.4 Å². The highest BCUT2D eigenvalue weighted by Crippen LogP contribution is 2.27. The van der Waals surface area contributed by atoms with Gasteiger partial charge in [-0.1, -0.05) is 65.5 Å². The maximum atomic E-state index is 9.13. The molecule has 3 aromatic carbocycles. The minimum atomic E-state index is 0.358. The molecular formula is C30H24N4O. The smallest absolute Gasteiger partial charge is 0.142 e. The minimum Gasteiger partial charge on any atom is -0.391 e. The average molecular weight is 457 g/mol. The lowest BCUT2D eigenvalue weighted by atomic mass is 10.0. The van der Waals surface area contributed by atoms with Crippen molar-refractivity contribution in [3.63, 3.8) is 0 Å². The van der Waals surface area contributed by atoms with Gasteiger partial charge < -0.3 is 9.40 Å². The molecule has 0 saturated heterocycles. The Bertz CT molecular complexity index is 1410. The molecule has 5 rings (SSSR count). The Balaban J connectivity index is 1.28. The van der Waals surface area contributed by atoms with Crippen LogP contribution in [0.4, 0.5) is 0 Å². The Morgan fingerprint density at radius 3 is 2.54 bits per heavy atom. The van der Waals surface area contributed by atoms with Gasteiger partial charge in [-0.3, -0.25) is 0 Å². The lowest BCUT2D eigenvalue weighted by Crippen LogP contribution is -2.11. The van der Waals surface area contributed by atoms with Crippen LogP contribution in [0, 0.1) is 29.1 Å². The lowest BCUT2D eigenvalue weighted by Gasteiger charge is -2.09. The van der Waals surface area contributed by atoms with E-state index in [-0.39, 0.29) is 0 Å². The van der Waals surface area contributed by atoms with E-state index < -0.39 is 0 Å². The SMILES string of the molecule is N#Cc1cccc(-c2ccc(CON=C(Cn3ccnc3)c3ccc(C#CC4CC4)cc3)cc2)c1. The Morgan fingerprint density at radius 1 is 1.00 bits per heavy atom. The molecule has 0 bridgehead atoms. The van der Waals surface area contributed by atoms with Crippen LogP contribution in [0.3, 0.4) is 0 Å². The first-order valence-electron chi connectivity index (χ1n) is 11.6. The molecule has 1 saturated carbocycles. The number of nitrogens with zero attached hydrogens (tertiary/aromatic N) is 4. The number of oxime groups is 1. The third-order valence-corrected chi connectivity index (χ3v) is 5.79. The van der Waals surface area contributed by atoms with Crippen molar-refractivity contribution in [3.05, 3.63) is 114 Å². The standard InChI is InChI=1S/C30H24N4O/c31-19-26-2-1-3-29(18-26)27-12-10-25(11-13-27)21-35-33-30(20-34-17-16-32-22-34)28-14-8-24(9-15-28)7-6-23-4-5-23/h1-3,8-18,22-23H,4-5,20-21H2. The second kappa shape index (κ2) is 10.5. The van der Waals surface area contributed by atoms with Crippen LogP contribution in [0.15, 0.2) is 96.7 Å². The monoisotopic (exact) mass is 456 g/mol. The van der Waals surface area contributed by atoms with E-state index in [4.69, 9.17) is 10.1 Å². The third-order valence-electron chi connectivity index (χ3n) is 5.79. The molecule has 0 amide bonds. The molecule has 1 aliphatic carbocycles. The van der Waals surface area contributed by atoms with Crippen LogP contribution < -0.4 is 0 Å². The highest BCUT2D eigenvalue weighted by molar-refractivity contribution is 6.00. The van der Waals surface area contributed by atoms with E-state index in [9.17, 15) is 0 Å². The molecule has 1 aromatic heterocycles. The summed E-state index contributed by atoms with van der Waals surface area (Å²) in [5.74, 6) is 7.13. The molecule has 5 nitrogen and oxygen atoms in total. The number of imidazole rings is 1. The lowest BCUT2D eigenvalue weighted by molar-refractivity contribution is 0.130. The molecule has 35 heavy (non-hydrogen) atoms. The van der Waals surface area contributed by atoms with E-state index in [0.29, 0.717) is 24.6 Å². The van der Waals surface area contributed by atoms with Crippen LogP contribution in [0.5, 0.6) is 0 Å². The van der Waals surface area contributed by atoms with Gasteiger partial charge in [0.15, 0.2) is 0 Å². The zero-order valence-corrected chi connectivity index (χ0v) is 19.3. The quantitative estimate of drug-likeness (QED) is 0.200. The zero-order valence-electron chi connectivity index (χ0n) is 19.3. The van der Waals surface area contributed by atoms with Crippen LogP contribution in [0.25, 0.3) is 11.1 Å². The first-order valence-corrected chi connectivity index (χ1v) is 11.6. The van der Waals surface area contributed by atoms with Gasteiger partial charge in [-0.05, 0) is 53.8 Å². The Hall–Kier alpha value is -4.61. The van der Waals surface area contributed by atoms with Crippen molar-refractivity contribution < 1.29 is 4.84 Å². The summed E-state index contributed by atoms with van der Waals surface area (Å²) in [5, 5.41) is 13.6. The van der Waals surface area contributed by atoms with Gasteiger partial charge in [0.1, 0.15) is 12.3 Å². The summed E-state index contributed by atoms with van der Waals surface area (Å²) in [6.45, 7) is 0.915. The van der Waals surface area contributed by atoms with Gasteiger partial charge in [0.25, 0.3) is 0 Å². The van der Waals surface area contributed by atoms with Crippen molar-refractivity contribution >= 4 is 5.71 Å². The number of hydrogen-bond acceptors (Lipinski definition) is 4. The summed E-state index contributed by atoms with van der Waals surface area (Å²) in [4.78, 5) is 9.90. The fourth-order valence-corrected chi connectivity index (χ4v) is 3.63. The Kier molecular flexibility index (Phi) is 6.69. The Morgan fingerprint density at radius 2 is 1.83 bits per heavy atom. The number of hydrogen-bond donors (Lipinski definition) is 0. The topological polar surface area (TPSA) is 63.2 Å². The van der Waals surface area contributed by atoms with Crippen LogP contribution in [0.2, 0.25) is 0 Å². The van der Waals surface area contributed by atoms with Crippen molar-refractivity contribution in [2.75, 3.05) is 0 Å². The summed E-state index contributed by atoms with van der Waals surface area (Å²) in [6, 6.07) is 26.0. The predicted molar refractivity (Wildman–Crippen MR) is 136 cm³/mol. The van der Waals surface area contributed by atoms with Gasteiger partial charge in [-0.2, -0.15) is 5.26 Å². The molecule has 1 aliphatic rings. The molecule has 0 radical (unpaired) electrons. The van der Waals surface area contributed by atoms with Gasteiger partial charge in [-0.25, -0.2) is 4.98 Å². The summed E-state index contributed by atoms with van der Waals surface area (Å²) in [7, 11) is 0. The summed E-state index contributed by atoms with van der Waals surface area (Å²) in [6.07, 6.45) is 7.88. The van der Waals surface area contributed by atoms with Gasteiger partial charge >= 0.3 is 0 Å². The zero-order chi connectivity index (χ0) is 23.9. The number of benzene rings is 3. The Labute approximate surface area is 205 Å². The summed E-state index contributed by atoms with van der Waals surface area (Å²) in [5.41, 5.74) is 6.56. The van der Waals surface area contributed by atoms with E-state index in [0.717, 1.165) is 33.5 Å². The van der Waals surface area contributed by atoms with E-state index in [1.54, 1.807) is 18.6 Å². The van der Waals surface area contributed by atoms with Crippen molar-refractivity contribution in [3.8, 4) is 29.0 Å². The fraction of sp³-hybridized carbons (Fsp3) is 0.167. The third kappa shape index (κ3) is 6.05. The van der Waals surface area contributed by atoms with Crippen LogP contribution in [-0.2, 0) is 18.0 Å². The molecule has 0 N–H and O–H groups in total. The van der Waals surface area contributed by atoms with E-state index >= 15 is 0 Å². The van der Waals surface area contributed by atoms with Gasteiger partial charge in [0.05, 0.1) is 24.5 Å². The fourth-order valence-electron chi connectivity index (χ4n) is 3.63. The summed E-state index contributed by atoms with van der Waals surface area (Å²) < 4.78 is 1.97. The molecule has 0 atom stereocenters. The van der Waals surface area contributed by atoms with Crippen molar-refractivity contribution in [2.45, 2.75) is 26.0 Å². The van der Waals surface area contributed by atoms with Crippen molar-refractivity contribution in [1.29, 1.82) is 5.26 Å². The summed E-state index contributed by atoms with van der Waals surface area (Å²) >= 11 is 0. The molecular weight excluding hydrogens is 432 g/mol. The molecule has 170 valence electrons. The van der Waals surface area contributed by atoms with E-state index in [1.165, 1.54) is 12.8 Å². The minimum absolute atomic E-state index is 0.358. The second-order valence-corrected chi connectivity index (χ2v) is 8.56. The van der Waals surface area contributed by atoms with Gasteiger partial charge in [-0.15, -0.1) is 0 Å². The highest BCUT2D eigenvalue weighted by atomic mass is 16.6. The molecule has 4 aromatic rings. The maximum absolute atomic E-state index is 9.13. The molecule has 0 aliphatic heterocycles. The predicted octanol–water partition coefficient (Wildman–Crippen LogP) is 5.80. The molecule has 1 heterocycles. The average Bonchev–Trinajstić information content (AvgIpc) is 3.61. The van der Waals surface area contributed by atoms with E-state index in [1.807, 2.05) is 77.5 Å².